The van der Waals surface area contributed by atoms with Crippen LogP contribution in [0.3, 0.4) is 0 Å². The molecule has 1 aromatic heterocycles. The van der Waals surface area contributed by atoms with Crippen molar-refractivity contribution in [1.82, 2.24) is 4.98 Å². The van der Waals surface area contributed by atoms with Crippen molar-refractivity contribution in [2.75, 3.05) is 7.11 Å². The molecular formula is C16H18N2O2. The zero-order chi connectivity index (χ0) is 14.4. The van der Waals surface area contributed by atoms with Crippen LogP contribution in [-0.4, -0.2) is 24.4 Å². The number of methoxy groups -OCH3 is 1. The Labute approximate surface area is 119 Å². The lowest BCUT2D eigenvalue weighted by atomic mass is 10.2. The van der Waals surface area contributed by atoms with Crippen molar-refractivity contribution in [3.63, 3.8) is 0 Å². The molecule has 2 aromatic rings. The molecule has 0 atom stereocenters. The first-order valence-corrected chi connectivity index (χ1v) is 6.48. The fourth-order valence-electron chi connectivity index (χ4n) is 1.73. The van der Waals surface area contributed by atoms with E-state index in [1.165, 1.54) is 0 Å². The molecule has 0 aliphatic carbocycles. The van der Waals surface area contributed by atoms with E-state index in [2.05, 4.69) is 9.98 Å². The van der Waals surface area contributed by atoms with E-state index in [9.17, 15) is 0 Å². The highest BCUT2D eigenvalue weighted by Gasteiger charge is 2.10. The fourth-order valence-corrected chi connectivity index (χ4v) is 1.73. The zero-order valence-electron chi connectivity index (χ0n) is 11.9. The summed E-state index contributed by atoms with van der Waals surface area (Å²) in [6, 6.07) is 9.48. The summed E-state index contributed by atoms with van der Waals surface area (Å²) in [5.41, 5.74) is 1.67. The summed E-state index contributed by atoms with van der Waals surface area (Å²) in [4.78, 5) is 8.43. The molecule has 1 aromatic carbocycles. The molecule has 0 saturated carbocycles. The second kappa shape index (κ2) is 6.70. The summed E-state index contributed by atoms with van der Waals surface area (Å²) in [6.45, 7) is 3.96. The summed E-state index contributed by atoms with van der Waals surface area (Å²) in [6.07, 6.45) is 5.26. The van der Waals surface area contributed by atoms with Crippen LogP contribution in [0.4, 0.5) is 5.69 Å². The Hall–Kier alpha value is -2.36. The minimum atomic E-state index is 0.0665. The molecular weight excluding hydrogens is 252 g/mol. The number of hydrogen-bond donors (Lipinski definition) is 0. The lowest BCUT2D eigenvalue weighted by Crippen LogP contribution is -2.08. The van der Waals surface area contributed by atoms with Gasteiger partial charge in [0.05, 0.1) is 25.1 Å². The number of nitrogens with zero attached hydrogens (tertiary/aromatic N) is 2. The van der Waals surface area contributed by atoms with Gasteiger partial charge in [-0.1, -0.05) is 6.07 Å². The molecule has 20 heavy (non-hydrogen) atoms. The van der Waals surface area contributed by atoms with Gasteiger partial charge in [-0.15, -0.1) is 0 Å². The quantitative estimate of drug-likeness (QED) is 0.779. The number of aromatic nitrogens is 1. The number of pyridine rings is 1. The van der Waals surface area contributed by atoms with Crippen LogP contribution in [-0.2, 0) is 0 Å². The van der Waals surface area contributed by atoms with Crippen LogP contribution in [0, 0.1) is 0 Å². The first-order chi connectivity index (χ1) is 9.70. The summed E-state index contributed by atoms with van der Waals surface area (Å²) >= 11 is 0. The van der Waals surface area contributed by atoms with Gasteiger partial charge >= 0.3 is 0 Å². The van der Waals surface area contributed by atoms with Crippen LogP contribution in [0.1, 0.15) is 19.4 Å². The molecule has 0 radical (unpaired) electrons. The van der Waals surface area contributed by atoms with Crippen LogP contribution in [0.25, 0.3) is 0 Å². The predicted molar refractivity (Wildman–Crippen MR) is 80.2 cm³/mol. The first-order valence-electron chi connectivity index (χ1n) is 6.48. The van der Waals surface area contributed by atoms with Crippen LogP contribution < -0.4 is 9.47 Å². The van der Waals surface area contributed by atoms with Gasteiger partial charge < -0.3 is 9.47 Å². The topological polar surface area (TPSA) is 43.7 Å². The van der Waals surface area contributed by atoms with Gasteiger partial charge in [-0.2, -0.15) is 0 Å². The molecule has 0 bridgehead atoms. The van der Waals surface area contributed by atoms with E-state index in [0.29, 0.717) is 11.5 Å². The zero-order valence-corrected chi connectivity index (χ0v) is 11.9. The Morgan fingerprint density at radius 1 is 1.20 bits per heavy atom. The maximum Gasteiger partial charge on any atom is 0.170 e. The highest BCUT2D eigenvalue weighted by molar-refractivity contribution is 5.86. The highest BCUT2D eigenvalue weighted by atomic mass is 16.5. The molecule has 0 aliphatic rings. The van der Waals surface area contributed by atoms with Gasteiger partial charge in [0.2, 0.25) is 0 Å². The van der Waals surface area contributed by atoms with Gasteiger partial charge in [0.25, 0.3) is 0 Å². The van der Waals surface area contributed by atoms with Crippen molar-refractivity contribution < 1.29 is 9.47 Å². The van der Waals surface area contributed by atoms with Gasteiger partial charge in [0.1, 0.15) is 0 Å². The van der Waals surface area contributed by atoms with Gasteiger partial charge in [0, 0.05) is 18.0 Å². The standard InChI is InChI=1S/C16H18N2O2/c1-12(2)20-16-13(6-4-8-15(16)19-3)10-18-14-7-5-9-17-11-14/h4-12H,1-3H3. The molecule has 104 valence electrons. The van der Waals surface area contributed by atoms with Crippen LogP contribution in [0.15, 0.2) is 47.7 Å². The summed E-state index contributed by atoms with van der Waals surface area (Å²) in [5.74, 6) is 1.41. The number of aliphatic imine (C=N–C) groups is 1. The number of hydrogen-bond acceptors (Lipinski definition) is 4. The number of ether oxygens (including phenoxy) is 2. The van der Waals surface area contributed by atoms with Crippen molar-refractivity contribution >= 4 is 11.9 Å². The summed E-state index contributed by atoms with van der Waals surface area (Å²) < 4.78 is 11.2. The van der Waals surface area contributed by atoms with Gasteiger partial charge in [-0.3, -0.25) is 9.98 Å². The fraction of sp³-hybridized carbons (Fsp3) is 0.250. The van der Waals surface area contributed by atoms with Crippen molar-refractivity contribution in [2.24, 2.45) is 4.99 Å². The SMILES string of the molecule is COc1cccc(C=Nc2cccnc2)c1OC(C)C. The minimum absolute atomic E-state index is 0.0665. The van der Waals surface area contributed by atoms with Crippen molar-refractivity contribution in [3.05, 3.63) is 48.3 Å². The van der Waals surface area contributed by atoms with E-state index >= 15 is 0 Å². The summed E-state index contributed by atoms with van der Waals surface area (Å²) in [5, 5.41) is 0. The first kappa shape index (κ1) is 14.1. The third-order valence-electron chi connectivity index (χ3n) is 2.58. The second-order valence-electron chi connectivity index (χ2n) is 4.51. The van der Waals surface area contributed by atoms with Gasteiger partial charge in [-0.25, -0.2) is 0 Å². The van der Waals surface area contributed by atoms with E-state index < -0.39 is 0 Å². The molecule has 0 spiro atoms. The number of rotatable bonds is 5. The number of para-hydroxylation sites is 1. The minimum Gasteiger partial charge on any atom is -0.493 e. The van der Waals surface area contributed by atoms with E-state index in [-0.39, 0.29) is 6.10 Å². The summed E-state index contributed by atoms with van der Waals surface area (Å²) in [7, 11) is 1.63. The average molecular weight is 270 g/mol. The molecule has 0 unspecified atom stereocenters. The average Bonchev–Trinajstić information content (AvgIpc) is 2.46. The largest absolute Gasteiger partial charge is 0.493 e. The highest BCUT2D eigenvalue weighted by Crippen LogP contribution is 2.31. The molecule has 0 aliphatic heterocycles. The van der Waals surface area contributed by atoms with Crippen LogP contribution >= 0.6 is 0 Å². The maximum atomic E-state index is 5.82. The van der Waals surface area contributed by atoms with Gasteiger partial charge in [-0.05, 0) is 38.1 Å². The predicted octanol–water partition coefficient (Wildman–Crippen LogP) is 3.63. The Balaban J connectivity index is 2.33. The van der Waals surface area contributed by atoms with E-state index in [1.54, 1.807) is 25.7 Å². The lowest BCUT2D eigenvalue weighted by Gasteiger charge is -2.15. The normalized spacial score (nSPS) is 11.0. The van der Waals surface area contributed by atoms with Crippen LogP contribution in [0.5, 0.6) is 11.5 Å². The molecule has 0 N–H and O–H groups in total. The maximum absolute atomic E-state index is 5.82. The molecule has 2 rings (SSSR count). The van der Waals surface area contributed by atoms with Gasteiger partial charge in [0.15, 0.2) is 11.5 Å². The molecule has 0 saturated heterocycles. The Bertz CT molecular complexity index is 580. The Morgan fingerprint density at radius 2 is 2.05 bits per heavy atom. The molecule has 0 amide bonds. The van der Waals surface area contributed by atoms with Crippen molar-refractivity contribution in [2.45, 2.75) is 20.0 Å². The Kier molecular flexibility index (Phi) is 4.71. The third kappa shape index (κ3) is 3.57. The number of benzene rings is 1. The molecule has 1 heterocycles. The molecule has 4 heteroatoms. The van der Waals surface area contributed by atoms with E-state index in [1.807, 2.05) is 44.2 Å². The monoisotopic (exact) mass is 270 g/mol. The second-order valence-corrected chi connectivity index (χ2v) is 4.51. The smallest absolute Gasteiger partial charge is 0.170 e. The lowest BCUT2D eigenvalue weighted by molar-refractivity contribution is 0.230. The molecule has 0 fully saturated rings. The van der Waals surface area contributed by atoms with Crippen molar-refractivity contribution in [3.8, 4) is 11.5 Å². The van der Waals surface area contributed by atoms with E-state index in [0.717, 1.165) is 11.3 Å². The Morgan fingerprint density at radius 3 is 2.70 bits per heavy atom. The van der Waals surface area contributed by atoms with Crippen LogP contribution in [0.2, 0.25) is 0 Å². The van der Waals surface area contributed by atoms with Crippen molar-refractivity contribution in [1.29, 1.82) is 0 Å². The third-order valence-corrected chi connectivity index (χ3v) is 2.58. The molecule has 4 nitrogen and oxygen atoms in total. The van der Waals surface area contributed by atoms with E-state index in [4.69, 9.17) is 9.47 Å².